The average Bonchev–Trinajstić information content (AvgIpc) is 2.77. The molecule has 0 radical (unpaired) electrons. The van der Waals surface area contributed by atoms with Gasteiger partial charge in [0.15, 0.2) is 0 Å². The molecule has 0 aromatic heterocycles. The second-order valence-electron chi connectivity index (χ2n) is 7.42. The fourth-order valence-corrected chi connectivity index (χ4v) is 3.93. The molecule has 3 amide bonds. The van der Waals surface area contributed by atoms with E-state index in [9.17, 15) is 18.8 Å². The van der Waals surface area contributed by atoms with Crippen LogP contribution in [0.2, 0.25) is 0 Å². The first-order valence-corrected chi connectivity index (χ1v) is 9.75. The summed E-state index contributed by atoms with van der Waals surface area (Å²) < 4.78 is 18.6. The van der Waals surface area contributed by atoms with Crippen molar-refractivity contribution in [2.45, 2.75) is 18.5 Å². The van der Waals surface area contributed by atoms with Gasteiger partial charge in [0.2, 0.25) is 11.8 Å². The zero-order valence-corrected chi connectivity index (χ0v) is 16.5. The third-order valence-corrected chi connectivity index (χ3v) is 5.54. The number of nitrogens with zero attached hydrogens (tertiary/aromatic N) is 2. The van der Waals surface area contributed by atoms with Crippen molar-refractivity contribution >= 4 is 17.7 Å². The molecule has 2 atom stereocenters. The lowest BCUT2D eigenvalue weighted by molar-refractivity contribution is -0.152. The number of carbonyl (C=O) groups excluding carboxylic acids is 3. The standard InChI is InChI=1S/C22H22FN3O4/c1-30-17-7-5-14(6-8-17)11-18-22(29)26-10-9-25(13-19(26)20(27)24-18)21(28)15-3-2-4-16(23)12-15/h2-8,12,18-19H,9-11,13H2,1H3,(H,24,27)/t18-,19-/m1/s1. The minimum Gasteiger partial charge on any atom is -0.497 e. The van der Waals surface area contributed by atoms with Gasteiger partial charge in [-0.2, -0.15) is 0 Å². The molecule has 0 saturated carbocycles. The molecule has 2 fully saturated rings. The number of carbonyl (C=O) groups is 3. The molecule has 2 heterocycles. The molecule has 2 aromatic carbocycles. The van der Waals surface area contributed by atoms with Crippen LogP contribution in [0.1, 0.15) is 15.9 Å². The van der Waals surface area contributed by atoms with Crippen molar-refractivity contribution in [1.29, 1.82) is 0 Å². The molecule has 30 heavy (non-hydrogen) atoms. The Morgan fingerprint density at radius 1 is 1.17 bits per heavy atom. The molecule has 0 spiro atoms. The highest BCUT2D eigenvalue weighted by molar-refractivity contribution is 5.99. The van der Waals surface area contributed by atoms with E-state index in [-0.39, 0.29) is 36.4 Å². The number of amides is 3. The summed E-state index contributed by atoms with van der Waals surface area (Å²) in [7, 11) is 1.58. The molecule has 0 bridgehead atoms. The van der Waals surface area contributed by atoms with Crippen LogP contribution < -0.4 is 10.1 Å². The largest absolute Gasteiger partial charge is 0.497 e. The molecule has 8 heteroatoms. The van der Waals surface area contributed by atoms with Crippen LogP contribution in [0.4, 0.5) is 4.39 Å². The first kappa shape index (κ1) is 19.9. The van der Waals surface area contributed by atoms with E-state index >= 15 is 0 Å². The normalized spacial score (nSPS) is 21.1. The Kier molecular flexibility index (Phi) is 5.39. The molecule has 4 rings (SSSR count). The Morgan fingerprint density at radius 3 is 2.63 bits per heavy atom. The number of nitrogens with one attached hydrogen (secondary N) is 1. The molecule has 2 aliphatic rings. The van der Waals surface area contributed by atoms with Gasteiger partial charge in [-0.05, 0) is 35.9 Å². The summed E-state index contributed by atoms with van der Waals surface area (Å²) in [4.78, 5) is 41.4. The summed E-state index contributed by atoms with van der Waals surface area (Å²) in [6.45, 7) is 0.638. The van der Waals surface area contributed by atoms with Crippen LogP contribution in [0.5, 0.6) is 5.75 Å². The maximum atomic E-state index is 13.4. The molecule has 2 saturated heterocycles. The molecule has 2 aliphatic heterocycles. The topological polar surface area (TPSA) is 79.0 Å². The summed E-state index contributed by atoms with van der Waals surface area (Å²) in [5.74, 6) is -0.573. The molecule has 156 valence electrons. The van der Waals surface area contributed by atoms with Crippen LogP contribution in [0.3, 0.4) is 0 Å². The van der Waals surface area contributed by atoms with Crippen molar-refractivity contribution < 1.29 is 23.5 Å². The maximum Gasteiger partial charge on any atom is 0.254 e. The first-order chi connectivity index (χ1) is 14.5. The van der Waals surface area contributed by atoms with Crippen molar-refractivity contribution in [3.8, 4) is 5.75 Å². The Bertz CT molecular complexity index is 979. The van der Waals surface area contributed by atoms with Gasteiger partial charge in [-0.25, -0.2) is 4.39 Å². The molecular formula is C22H22FN3O4. The number of hydrogen-bond acceptors (Lipinski definition) is 4. The van der Waals surface area contributed by atoms with Crippen molar-refractivity contribution in [3.05, 3.63) is 65.5 Å². The quantitative estimate of drug-likeness (QED) is 0.821. The predicted molar refractivity (Wildman–Crippen MR) is 106 cm³/mol. The lowest BCUT2D eigenvalue weighted by Crippen LogP contribution is -2.70. The smallest absolute Gasteiger partial charge is 0.254 e. The first-order valence-electron chi connectivity index (χ1n) is 9.75. The van der Waals surface area contributed by atoms with Crippen LogP contribution in [-0.2, 0) is 16.0 Å². The highest BCUT2D eigenvalue weighted by atomic mass is 19.1. The van der Waals surface area contributed by atoms with Crippen molar-refractivity contribution in [3.63, 3.8) is 0 Å². The van der Waals surface area contributed by atoms with Crippen LogP contribution in [0.25, 0.3) is 0 Å². The number of methoxy groups -OCH3 is 1. The molecule has 0 aliphatic carbocycles. The second kappa shape index (κ2) is 8.14. The molecule has 1 N–H and O–H groups in total. The van der Waals surface area contributed by atoms with Gasteiger partial charge in [-0.15, -0.1) is 0 Å². The van der Waals surface area contributed by atoms with E-state index in [1.807, 2.05) is 24.3 Å². The molecule has 0 unspecified atom stereocenters. The number of ether oxygens (including phenoxy) is 1. The van der Waals surface area contributed by atoms with E-state index in [0.29, 0.717) is 13.0 Å². The molecular weight excluding hydrogens is 389 g/mol. The van der Waals surface area contributed by atoms with Crippen LogP contribution in [-0.4, -0.2) is 66.3 Å². The van der Waals surface area contributed by atoms with Gasteiger partial charge in [0.05, 0.1) is 13.7 Å². The molecule has 2 aromatic rings. The minimum absolute atomic E-state index is 0.0855. The monoisotopic (exact) mass is 411 g/mol. The maximum absolute atomic E-state index is 13.4. The summed E-state index contributed by atoms with van der Waals surface area (Å²) in [6, 6.07) is 11.4. The third kappa shape index (κ3) is 3.85. The highest BCUT2D eigenvalue weighted by Gasteiger charge is 2.44. The number of fused-ring (bicyclic) bond motifs is 1. The number of benzene rings is 2. The van der Waals surface area contributed by atoms with Gasteiger partial charge in [0.1, 0.15) is 23.7 Å². The van der Waals surface area contributed by atoms with Crippen molar-refractivity contribution in [1.82, 2.24) is 15.1 Å². The summed E-state index contributed by atoms with van der Waals surface area (Å²) >= 11 is 0. The number of halogens is 1. The zero-order chi connectivity index (χ0) is 21.3. The summed E-state index contributed by atoms with van der Waals surface area (Å²) in [5.41, 5.74) is 1.14. The molecule has 7 nitrogen and oxygen atoms in total. The van der Waals surface area contributed by atoms with Gasteiger partial charge >= 0.3 is 0 Å². The van der Waals surface area contributed by atoms with Gasteiger partial charge in [0.25, 0.3) is 5.91 Å². The third-order valence-electron chi connectivity index (χ3n) is 5.54. The second-order valence-corrected chi connectivity index (χ2v) is 7.42. The highest BCUT2D eigenvalue weighted by Crippen LogP contribution is 2.21. The zero-order valence-electron chi connectivity index (χ0n) is 16.5. The SMILES string of the molecule is COc1ccc(C[C@H]2NC(=O)[C@H]3CN(C(=O)c4cccc(F)c4)CCN3C2=O)cc1. The number of piperazine rings is 2. The van der Waals surface area contributed by atoms with Gasteiger partial charge in [-0.3, -0.25) is 14.4 Å². The van der Waals surface area contributed by atoms with Crippen LogP contribution in [0, 0.1) is 5.82 Å². The van der Waals surface area contributed by atoms with Crippen molar-refractivity contribution in [2.24, 2.45) is 0 Å². The lowest BCUT2D eigenvalue weighted by Gasteiger charge is -2.45. The number of hydrogen-bond donors (Lipinski definition) is 1. The fraction of sp³-hybridized carbons (Fsp3) is 0.318. The van der Waals surface area contributed by atoms with E-state index in [1.165, 1.54) is 29.2 Å². The average molecular weight is 411 g/mol. The van der Waals surface area contributed by atoms with Crippen molar-refractivity contribution in [2.75, 3.05) is 26.7 Å². The van der Waals surface area contributed by atoms with E-state index in [0.717, 1.165) is 11.3 Å². The van der Waals surface area contributed by atoms with Crippen LogP contribution in [0.15, 0.2) is 48.5 Å². The Balaban J connectivity index is 1.44. The Hall–Kier alpha value is -3.42. The minimum atomic E-state index is -0.740. The van der Waals surface area contributed by atoms with Gasteiger partial charge in [0, 0.05) is 25.1 Å². The van der Waals surface area contributed by atoms with E-state index < -0.39 is 17.9 Å². The van der Waals surface area contributed by atoms with Gasteiger partial charge in [-0.1, -0.05) is 18.2 Å². The fourth-order valence-electron chi connectivity index (χ4n) is 3.93. The lowest BCUT2D eigenvalue weighted by atomic mass is 9.98. The van der Waals surface area contributed by atoms with E-state index in [1.54, 1.807) is 12.0 Å². The summed E-state index contributed by atoms with van der Waals surface area (Å²) in [6.07, 6.45) is 0.379. The predicted octanol–water partition coefficient (Wildman–Crippen LogP) is 1.23. The van der Waals surface area contributed by atoms with E-state index in [4.69, 9.17) is 4.74 Å². The summed E-state index contributed by atoms with van der Waals surface area (Å²) in [5, 5.41) is 2.79. The van der Waals surface area contributed by atoms with Gasteiger partial charge < -0.3 is 19.9 Å². The Labute approximate surface area is 173 Å². The Morgan fingerprint density at radius 2 is 1.93 bits per heavy atom. The van der Waals surface area contributed by atoms with Crippen LogP contribution >= 0.6 is 0 Å². The van der Waals surface area contributed by atoms with E-state index in [2.05, 4.69) is 5.32 Å². The number of rotatable bonds is 4.